The van der Waals surface area contributed by atoms with Crippen molar-refractivity contribution in [3.05, 3.63) is 30.3 Å². The Labute approximate surface area is 132 Å². The molecular formula is C16H24N2O3S. The lowest BCUT2D eigenvalue weighted by molar-refractivity contribution is 0.0725. The first-order valence-electron chi connectivity index (χ1n) is 8.05. The third-order valence-corrected chi connectivity index (χ3v) is 6.44. The van der Waals surface area contributed by atoms with Gasteiger partial charge in [0.05, 0.1) is 4.90 Å². The number of nitrogens with one attached hydrogen (secondary N) is 1. The molecular weight excluding hydrogens is 300 g/mol. The summed E-state index contributed by atoms with van der Waals surface area (Å²) in [7, 11) is -3.33. The van der Waals surface area contributed by atoms with Crippen molar-refractivity contribution in [1.29, 1.82) is 0 Å². The summed E-state index contributed by atoms with van der Waals surface area (Å²) in [6.07, 6.45) is 3.87. The normalized spacial score (nSPS) is 22.7. The molecule has 0 bridgehead atoms. The second-order valence-electron chi connectivity index (χ2n) is 6.04. The quantitative estimate of drug-likeness (QED) is 0.914. The predicted octanol–water partition coefficient (Wildman–Crippen LogP) is 1.61. The van der Waals surface area contributed by atoms with Crippen molar-refractivity contribution >= 4 is 10.0 Å². The molecule has 122 valence electrons. The van der Waals surface area contributed by atoms with Gasteiger partial charge in [0.2, 0.25) is 10.0 Å². The molecule has 5 nitrogen and oxygen atoms in total. The molecule has 1 N–H and O–H groups in total. The molecule has 0 amide bonds. The van der Waals surface area contributed by atoms with E-state index in [0.29, 0.717) is 30.1 Å². The van der Waals surface area contributed by atoms with Gasteiger partial charge in [0, 0.05) is 38.4 Å². The van der Waals surface area contributed by atoms with E-state index in [1.165, 1.54) is 0 Å². The second-order valence-corrected chi connectivity index (χ2v) is 7.98. The zero-order valence-corrected chi connectivity index (χ0v) is 13.6. The molecule has 1 aromatic carbocycles. The molecule has 0 unspecified atom stereocenters. The van der Waals surface area contributed by atoms with Gasteiger partial charge in [-0.25, -0.2) is 8.42 Å². The first kappa shape index (κ1) is 15.9. The smallest absolute Gasteiger partial charge is 0.243 e. The summed E-state index contributed by atoms with van der Waals surface area (Å²) in [4.78, 5) is 0.394. The van der Waals surface area contributed by atoms with Crippen LogP contribution in [0.4, 0.5) is 0 Å². The van der Waals surface area contributed by atoms with Gasteiger partial charge in [0.25, 0.3) is 0 Å². The van der Waals surface area contributed by atoms with Crippen LogP contribution in [0.15, 0.2) is 35.2 Å². The lowest BCUT2D eigenvalue weighted by Gasteiger charge is -2.35. The van der Waals surface area contributed by atoms with Gasteiger partial charge < -0.3 is 10.1 Å². The van der Waals surface area contributed by atoms with Crippen LogP contribution in [-0.4, -0.2) is 51.1 Å². The fraction of sp³-hybridized carbons (Fsp3) is 0.625. The van der Waals surface area contributed by atoms with Crippen LogP contribution >= 0.6 is 0 Å². The van der Waals surface area contributed by atoms with Crippen molar-refractivity contribution in [2.45, 2.75) is 42.7 Å². The number of nitrogens with zero attached hydrogens (tertiary/aromatic N) is 1. The van der Waals surface area contributed by atoms with Gasteiger partial charge in [0.15, 0.2) is 0 Å². The Kier molecular flexibility index (Phi) is 5.13. The largest absolute Gasteiger partial charge is 0.381 e. The molecule has 2 aliphatic heterocycles. The summed E-state index contributed by atoms with van der Waals surface area (Å²) in [6.45, 7) is 2.86. The van der Waals surface area contributed by atoms with Crippen LogP contribution in [-0.2, 0) is 14.8 Å². The number of rotatable bonds is 4. The van der Waals surface area contributed by atoms with Crippen molar-refractivity contribution in [2.75, 3.05) is 26.3 Å². The highest BCUT2D eigenvalue weighted by Gasteiger charge is 2.30. The number of hydrogen-bond donors (Lipinski definition) is 1. The molecule has 3 rings (SSSR count). The number of sulfonamides is 1. The van der Waals surface area contributed by atoms with Crippen molar-refractivity contribution in [2.24, 2.45) is 0 Å². The molecule has 2 fully saturated rings. The highest BCUT2D eigenvalue weighted by Crippen LogP contribution is 2.21. The van der Waals surface area contributed by atoms with E-state index in [4.69, 9.17) is 4.74 Å². The zero-order chi connectivity index (χ0) is 15.4. The van der Waals surface area contributed by atoms with Crippen LogP contribution in [0.3, 0.4) is 0 Å². The standard InChI is InChI=1S/C16H24N2O3S/c19-22(20,16-4-2-1-3-5-16)18-10-6-14(7-11-18)17-15-8-12-21-13-9-15/h1-5,14-15,17H,6-13H2. The predicted molar refractivity (Wildman–Crippen MR) is 85.2 cm³/mol. The molecule has 0 spiro atoms. The summed E-state index contributed by atoms with van der Waals surface area (Å²) in [5.74, 6) is 0. The molecule has 6 heteroatoms. The van der Waals surface area contributed by atoms with Gasteiger partial charge in [-0.15, -0.1) is 0 Å². The Balaban J connectivity index is 1.55. The first-order valence-corrected chi connectivity index (χ1v) is 9.49. The fourth-order valence-electron chi connectivity index (χ4n) is 3.20. The van der Waals surface area contributed by atoms with Crippen LogP contribution in [0.5, 0.6) is 0 Å². The van der Waals surface area contributed by atoms with Gasteiger partial charge >= 0.3 is 0 Å². The van der Waals surface area contributed by atoms with E-state index < -0.39 is 10.0 Å². The van der Waals surface area contributed by atoms with Crippen molar-refractivity contribution in [1.82, 2.24) is 9.62 Å². The minimum absolute atomic E-state index is 0.394. The topological polar surface area (TPSA) is 58.6 Å². The van der Waals surface area contributed by atoms with Crippen LogP contribution in [0, 0.1) is 0 Å². The van der Waals surface area contributed by atoms with E-state index in [-0.39, 0.29) is 0 Å². The molecule has 2 saturated heterocycles. The maximum atomic E-state index is 12.6. The molecule has 1 aromatic rings. The molecule has 0 aromatic heterocycles. The minimum Gasteiger partial charge on any atom is -0.381 e. The average Bonchev–Trinajstić information content (AvgIpc) is 2.57. The van der Waals surface area contributed by atoms with Gasteiger partial charge in [0.1, 0.15) is 0 Å². The SMILES string of the molecule is O=S(=O)(c1ccccc1)N1CCC(NC2CCOCC2)CC1. The van der Waals surface area contributed by atoms with Crippen LogP contribution in [0.2, 0.25) is 0 Å². The highest BCUT2D eigenvalue weighted by atomic mass is 32.2. The van der Waals surface area contributed by atoms with Gasteiger partial charge in [-0.1, -0.05) is 18.2 Å². The molecule has 22 heavy (non-hydrogen) atoms. The van der Waals surface area contributed by atoms with Gasteiger partial charge in [-0.3, -0.25) is 0 Å². The Morgan fingerprint density at radius 2 is 1.55 bits per heavy atom. The highest BCUT2D eigenvalue weighted by molar-refractivity contribution is 7.89. The summed E-state index contributed by atoms with van der Waals surface area (Å²) in [5, 5.41) is 3.67. The summed E-state index contributed by atoms with van der Waals surface area (Å²) in [6, 6.07) is 9.66. The summed E-state index contributed by atoms with van der Waals surface area (Å²) < 4.78 is 32.1. The van der Waals surface area contributed by atoms with E-state index in [2.05, 4.69) is 5.32 Å². The molecule has 0 saturated carbocycles. The van der Waals surface area contributed by atoms with Gasteiger partial charge in [-0.2, -0.15) is 4.31 Å². The van der Waals surface area contributed by atoms with E-state index >= 15 is 0 Å². The third kappa shape index (κ3) is 3.68. The van der Waals surface area contributed by atoms with Crippen LogP contribution in [0.25, 0.3) is 0 Å². The van der Waals surface area contributed by atoms with E-state index in [1.807, 2.05) is 6.07 Å². The maximum Gasteiger partial charge on any atom is 0.243 e. The monoisotopic (exact) mass is 324 g/mol. The first-order chi connectivity index (χ1) is 10.7. The zero-order valence-electron chi connectivity index (χ0n) is 12.8. The maximum absolute atomic E-state index is 12.6. The van der Waals surface area contributed by atoms with Crippen molar-refractivity contribution in [3.8, 4) is 0 Å². The third-order valence-electron chi connectivity index (χ3n) is 4.53. The van der Waals surface area contributed by atoms with Crippen LogP contribution in [0.1, 0.15) is 25.7 Å². The Bertz CT molecular complexity index is 562. The molecule has 0 radical (unpaired) electrons. The molecule has 2 aliphatic rings. The van der Waals surface area contributed by atoms with Crippen LogP contribution < -0.4 is 5.32 Å². The Morgan fingerprint density at radius 1 is 0.955 bits per heavy atom. The molecule has 0 aliphatic carbocycles. The minimum atomic E-state index is -3.33. The van der Waals surface area contributed by atoms with Crippen molar-refractivity contribution in [3.63, 3.8) is 0 Å². The molecule has 0 atom stereocenters. The number of ether oxygens (including phenoxy) is 1. The lowest BCUT2D eigenvalue weighted by Crippen LogP contribution is -2.48. The number of hydrogen-bond acceptors (Lipinski definition) is 4. The van der Waals surface area contributed by atoms with Gasteiger partial charge in [-0.05, 0) is 37.8 Å². The second kappa shape index (κ2) is 7.08. The van der Waals surface area contributed by atoms with E-state index in [0.717, 1.165) is 38.9 Å². The fourth-order valence-corrected chi connectivity index (χ4v) is 4.69. The Morgan fingerprint density at radius 3 is 2.18 bits per heavy atom. The Hall–Kier alpha value is -0.950. The number of benzene rings is 1. The van der Waals surface area contributed by atoms with E-state index in [1.54, 1.807) is 28.6 Å². The summed E-state index contributed by atoms with van der Waals surface area (Å²) in [5.41, 5.74) is 0. The number of piperidine rings is 1. The average molecular weight is 324 g/mol. The summed E-state index contributed by atoms with van der Waals surface area (Å²) >= 11 is 0. The lowest BCUT2D eigenvalue weighted by atomic mass is 10.0. The van der Waals surface area contributed by atoms with E-state index in [9.17, 15) is 8.42 Å². The molecule has 2 heterocycles. The van der Waals surface area contributed by atoms with Crippen molar-refractivity contribution < 1.29 is 13.2 Å².